The fourth-order valence-electron chi connectivity index (χ4n) is 4.32. The van der Waals surface area contributed by atoms with E-state index in [0.29, 0.717) is 18.5 Å². The lowest BCUT2D eigenvalue weighted by atomic mass is 9.78. The maximum absolute atomic E-state index is 12.3. The molecule has 3 unspecified atom stereocenters. The number of nitrogens with one attached hydrogen (secondary N) is 2. The van der Waals surface area contributed by atoms with Crippen molar-refractivity contribution in [3.8, 4) is 0 Å². The maximum atomic E-state index is 12.3. The van der Waals surface area contributed by atoms with Crippen LogP contribution in [-0.4, -0.2) is 49.6 Å². The molecule has 1 amide bonds. The monoisotopic (exact) mass is 315 g/mol. The topological polar surface area (TPSA) is 44.4 Å². The first kappa shape index (κ1) is 17.0. The van der Waals surface area contributed by atoms with E-state index in [1.807, 2.05) is 0 Å². The average Bonchev–Trinajstić information content (AvgIpc) is 2.95. The Bertz CT molecular complexity index is 353. The summed E-state index contributed by atoms with van der Waals surface area (Å²) in [5.41, 5.74) is 0. The van der Waals surface area contributed by atoms with E-state index < -0.39 is 0 Å². The Kier molecular flexibility index (Phi) is 5.92. The van der Waals surface area contributed by atoms with Crippen LogP contribution in [0.25, 0.3) is 0 Å². The number of carbonyl (C=O) groups excluding carboxylic acids is 1. The third-order valence-corrected chi connectivity index (χ3v) is 5.89. The fraction of sp³-hybridized carbons (Fsp3) is 0.938. The van der Waals surface area contributed by atoms with Gasteiger partial charge in [0.05, 0.1) is 6.54 Å². The number of hydrogen-bond acceptors (Lipinski definition) is 3. The lowest BCUT2D eigenvalue weighted by Crippen LogP contribution is -2.47. The van der Waals surface area contributed by atoms with Crippen LogP contribution in [0.3, 0.4) is 0 Å². The van der Waals surface area contributed by atoms with E-state index in [9.17, 15) is 4.79 Å². The van der Waals surface area contributed by atoms with Crippen molar-refractivity contribution in [3.05, 3.63) is 0 Å². The summed E-state index contributed by atoms with van der Waals surface area (Å²) in [4.78, 5) is 14.6. The van der Waals surface area contributed by atoms with Crippen LogP contribution in [0.15, 0.2) is 0 Å². The molecule has 0 radical (unpaired) electrons. The summed E-state index contributed by atoms with van der Waals surface area (Å²) in [6.45, 7) is 9.69. The van der Waals surface area contributed by atoms with Crippen LogP contribution in [0.1, 0.15) is 33.1 Å². The highest BCUT2D eigenvalue weighted by Gasteiger charge is 2.37. The van der Waals surface area contributed by atoms with Gasteiger partial charge in [-0.1, -0.05) is 26.7 Å². The average molecular weight is 316 g/mol. The lowest BCUT2D eigenvalue weighted by molar-refractivity contribution is -0.123. The Morgan fingerprint density at radius 3 is 2.52 bits per heavy atom. The standard InChI is InChI=1S/C16H29N3O.ClH/c1-11-4-3-5-15(12(11)2)18-16(20)10-19-8-13-6-17-7-14(13)9-19;/h11-15,17H,3-10H2,1-2H3,(H,18,20);1H/t11?,12?,13-,14+,15?;. The predicted octanol–water partition coefficient (Wildman–Crippen LogP) is 1.50. The Balaban J connectivity index is 0.00000161. The van der Waals surface area contributed by atoms with E-state index in [0.717, 1.165) is 50.4 Å². The number of carbonyl (C=O) groups is 1. The molecule has 0 spiro atoms. The third kappa shape index (κ3) is 3.91. The van der Waals surface area contributed by atoms with E-state index in [1.54, 1.807) is 0 Å². The zero-order chi connectivity index (χ0) is 14.1. The number of likely N-dealkylation sites (tertiary alicyclic amines) is 1. The second-order valence-corrected chi connectivity index (χ2v) is 7.31. The zero-order valence-corrected chi connectivity index (χ0v) is 14.1. The van der Waals surface area contributed by atoms with Crippen molar-refractivity contribution < 1.29 is 4.79 Å². The molecule has 2 aliphatic heterocycles. The SMILES string of the molecule is CC1CCCC(NC(=O)CN2C[C@H]3CNC[C@H]3C2)C1C.Cl. The molecule has 3 rings (SSSR count). The number of halogens is 1. The van der Waals surface area contributed by atoms with Crippen molar-refractivity contribution in [1.29, 1.82) is 0 Å². The highest BCUT2D eigenvalue weighted by molar-refractivity contribution is 5.85. The summed E-state index contributed by atoms with van der Waals surface area (Å²) in [7, 11) is 0. The molecule has 3 aliphatic rings. The third-order valence-electron chi connectivity index (χ3n) is 5.89. The first-order valence-corrected chi connectivity index (χ1v) is 8.36. The second kappa shape index (κ2) is 7.30. The van der Waals surface area contributed by atoms with Crippen LogP contribution in [0.5, 0.6) is 0 Å². The highest BCUT2D eigenvalue weighted by Crippen LogP contribution is 2.29. The number of amides is 1. The molecule has 0 aromatic carbocycles. The van der Waals surface area contributed by atoms with Gasteiger partial charge in [0, 0.05) is 19.1 Å². The first-order chi connectivity index (χ1) is 9.63. The van der Waals surface area contributed by atoms with Crippen LogP contribution in [0.4, 0.5) is 0 Å². The van der Waals surface area contributed by atoms with Gasteiger partial charge < -0.3 is 10.6 Å². The molecule has 0 bridgehead atoms. The highest BCUT2D eigenvalue weighted by atomic mass is 35.5. The lowest BCUT2D eigenvalue weighted by Gasteiger charge is -2.35. The van der Waals surface area contributed by atoms with Gasteiger partial charge in [0.2, 0.25) is 5.91 Å². The zero-order valence-electron chi connectivity index (χ0n) is 13.3. The first-order valence-electron chi connectivity index (χ1n) is 8.36. The maximum Gasteiger partial charge on any atom is 0.234 e. The van der Waals surface area contributed by atoms with Crippen LogP contribution in [0, 0.1) is 23.7 Å². The molecule has 2 N–H and O–H groups in total. The van der Waals surface area contributed by atoms with Gasteiger partial charge in [-0.25, -0.2) is 0 Å². The molecular weight excluding hydrogens is 286 g/mol. The normalized spacial score (nSPS) is 39.6. The Hall–Kier alpha value is -0.320. The van der Waals surface area contributed by atoms with Crippen molar-refractivity contribution in [2.45, 2.75) is 39.2 Å². The van der Waals surface area contributed by atoms with Crippen LogP contribution < -0.4 is 10.6 Å². The predicted molar refractivity (Wildman–Crippen MR) is 87.6 cm³/mol. The second-order valence-electron chi connectivity index (χ2n) is 7.31. The molecular formula is C16H30ClN3O. The van der Waals surface area contributed by atoms with Gasteiger partial charge in [-0.2, -0.15) is 0 Å². The van der Waals surface area contributed by atoms with Gasteiger partial charge >= 0.3 is 0 Å². The Morgan fingerprint density at radius 2 is 1.86 bits per heavy atom. The summed E-state index contributed by atoms with van der Waals surface area (Å²) >= 11 is 0. The van der Waals surface area contributed by atoms with E-state index in [4.69, 9.17) is 0 Å². The van der Waals surface area contributed by atoms with Gasteiger partial charge in [0.15, 0.2) is 0 Å². The van der Waals surface area contributed by atoms with Gasteiger partial charge in [0.1, 0.15) is 0 Å². The van der Waals surface area contributed by atoms with E-state index >= 15 is 0 Å². The summed E-state index contributed by atoms with van der Waals surface area (Å²) in [6.07, 6.45) is 3.73. The number of rotatable bonds is 3. The number of fused-ring (bicyclic) bond motifs is 1. The molecule has 1 aliphatic carbocycles. The van der Waals surface area contributed by atoms with E-state index in [2.05, 4.69) is 29.4 Å². The Labute approximate surface area is 134 Å². The minimum absolute atomic E-state index is 0. The molecule has 5 heteroatoms. The molecule has 4 nitrogen and oxygen atoms in total. The van der Waals surface area contributed by atoms with Crippen LogP contribution in [-0.2, 0) is 4.79 Å². The smallest absolute Gasteiger partial charge is 0.234 e. The minimum Gasteiger partial charge on any atom is -0.352 e. The molecule has 0 aromatic heterocycles. The number of nitrogens with zero attached hydrogens (tertiary/aromatic N) is 1. The van der Waals surface area contributed by atoms with Crippen molar-refractivity contribution >= 4 is 18.3 Å². The summed E-state index contributed by atoms with van der Waals surface area (Å²) < 4.78 is 0. The molecule has 1 saturated carbocycles. The van der Waals surface area contributed by atoms with Gasteiger partial charge in [-0.3, -0.25) is 9.69 Å². The van der Waals surface area contributed by atoms with Crippen molar-refractivity contribution in [1.82, 2.24) is 15.5 Å². The summed E-state index contributed by atoms with van der Waals surface area (Å²) in [6, 6.07) is 0.398. The fourth-order valence-corrected chi connectivity index (χ4v) is 4.32. The van der Waals surface area contributed by atoms with Gasteiger partial charge in [0.25, 0.3) is 0 Å². The molecule has 21 heavy (non-hydrogen) atoms. The summed E-state index contributed by atoms with van der Waals surface area (Å²) in [5, 5.41) is 6.74. The van der Waals surface area contributed by atoms with Crippen LogP contribution >= 0.6 is 12.4 Å². The largest absolute Gasteiger partial charge is 0.352 e. The van der Waals surface area contributed by atoms with E-state index in [1.165, 1.54) is 12.8 Å². The summed E-state index contributed by atoms with van der Waals surface area (Å²) in [5.74, 6) is 3.15. The quantitative estimate of drug-likeness (QED) is 0.829. The van der Waals surface area contributed by atoms with Crippen molar-refractivity contribution in [2.75, 3.05) is 32.7 Å². The van der Waals surface area contributed by atoms with Crippen molar-refractivity contribution in [3.63, 3.8) is 0 Å². The van der Waals surface area contributed by atoms with E-state index in [-0.39, 0.29) is 18.3 Å². The number of hydrogen-bond donors (Lipinski definition) is 2. The molecule has 3 fully saturated rings. The Morgan fingerprint density at radius 1 is 1.19 bits per heavy atom. The molecule has 2 heterocycles. The van der Waals surface area contributed by atoms with Gasteiger partial charge in [-0.15, -0.1) is 12.4 Å². The van der Waals surface area contributed by atoms with Crippen molar-refractivity contribution in [2.24, 2.45) is 23.7 Å². The molecule has 122 valence electrons. The molecule has 2 saturated heterocycles. The minimum atomic E-state index is 0. The molecule has 5 atom stereocenters. The molecule has 0 aromatic rings. The van der Waals surface area contributed by atoms with Crippen LogP contribution in [0.2, 0.25) is 0 Å². The van der Waals surface area contributed by atoms with Gasteiger partial charge in [-0.05, 0) is 43.2 Å².